The number of carbonyl (C=O) groups is 2. The van der Waals surface area contributed by atoms with E-state index in [9.17, 15) is 9.59 Å². The van der Waals surface area contributed by atoms with Crippen molar-refractivity contribution in [3.63, 3.8) is 0 Å². The molecule has 0 radical (unpaired) electrons. The van der Waals surface area contributed by atoms with E-state index in [1.54, 1.807) is 24.0 Å². The van der Waals surface area contributed by atoms with Crippen LogP contribution in [0, 0.1) is 0 Å². The molecule has 5 rings (SSSR count). The number of nitrogens with zero attached hydrogens (tertiary/aromatic N) is 2. The molecule has 1 aromatic rings. The molecule has 4 aliphatic rings. The molecule has 1 aromatic carbocycles. The summed E-state index contributed by atoms with van der Waals surface area (Å²) in [6.45, 7) is 12.5. The van der Waals surface area contributed by atoms with Crippen molar-refractivity contribution in [1.29, 1.82) is 0 Å². The first-order chi connectivity index (χ1) is 20.5. The van der Waals surface area contributed by atoms with Crippen molar-refractivity contribution in [1.82, 2.24) is 15.1 Å². The number of hydrogen-bond donors (Lipinski definition) is 1. The number of epoxide rings is 1. The molecule has 1 spiro atoms. The van der Waals surface area contributed by atoms with E-state index in [4.69, 9.17) is 23.7 Å². The number of hydrogen-bond acceptors (Lipinski definition) is 8. The van der Waals surface area contributed by atoms with E-state index >= 15 is 0 Å². The highest BCUT2D eigenvalue weighted by molar-refractivity contribution is 5.96. The van der Waals surface area contributed by atoms with Gasteiger partial charge >= 0.3 is 6.09 Å². The maximum absolute atomic E-state index is 13.2. The van der Waals surface area contributed by atoms with Gasteiger partial charge < -0.3 is 38.8 Å². The number of amides is 2. The Balaban J connectivity index is 1.07. The monoisotopic (exact) mass is 597 g/mol. The molecule has 0 aliphatic carbocycles. The normalized spacial score (nSPS) is 30.3. The summed E-state index contributed by atoms with van der Waals surface area (Å²) in [6, 6.07) is 6.93. The molecule has 4 aliphatic heterocycles. The van der Waals surface area contributed by atoms with Crippen LogP contribution >= 0.6 is 0 Å². The lowest BCUT2D eigenvalue weighted by Crippen LogP contribution is -2.47. The van der Waals surface area contributed by atoms with E-state index in [-0.39, 0.29) is 41.6 Å². The van der Waals surface area contributed by atoms with Crippen LogP contribution in [-0.2, 0) is 23.7 Å². The molecular weight excluding hydrogens is 550 g/mol. The van der Waals surface area contributed by atoms with Crippen molar-refractivity contribution in [3.8, 4) is 0 Å². The van der Waals surface area contributed by atoms with Gasteiger partial charge in [0.25, 0.3) is 5.91 Å². The van der Waals surface area contributed by atoms with Gasteiger partial charge in [0.05, 0.1) is 43.2 Å². The molecular formula is C33H47N3O7. The lowest BCUT2D eigenvalue weighted by Gasteiger charge is -2.38. The average molecular weight is 598 g/mol. The van der Waals surface area contributed by atoms with Crippen molar-refractivity contribution >= 4 is 12.0 Å². The summed E-state index contributed by atoms with van der Waals surface area (Å²) in [5.74, 6) is -0.249. The van der Waals surface area contributed by atoms with Crippen molar-refractivity contribution in [2.24, 2.45) is 0 Å². The summed E-state index contributed by atoms with van der Waals surface area (Å²) < 4.78 is 29.5. The number of rotatable bonds is 8. The van der Waals surface area contributed by atoms with E-state index in [2.05, 4.69) is 49.2 Å². The lowest BCUT2D eigenvalue weighted by molar-refractivity contribution is -0.185. The third-order valence-electron chi connectivity index (χ3n) is 8.53. The minimum atomic E-state index is -0.569. The zero-order valence-corrected chi connectivity index (χ0v) is 26.2. The summed E-state index contributed by atoms with van der Waals surface area (Å²) in [5, 5.41) is 3.02. The van der Waals surface area contributed by atoms with Gasteiger partial charge in [-0.1, -0.05) is 42.0 Å². The molecule has 0 saturated carbocycles. The number of nitrogens with one attached hydrogen (secondary N) is 1. The minimum Gasteiger partial charge on any atom is -0.441 e. The van der Waals surface area contributed by atoms with Crippen molar-refractivity contribution in [2.45, 2.75) is 82.7 Å². The predicted molar refractivity (Wildman–Crippen MR) is 162 cm³/mol. The van der Waals surface area contributed by atoms with Crippen molar-refractivity contribution < 1.29 is 33.3 Å². The molecule has 1 N–H and O–H groups in total. The zero-order chi connectivity index (χ0) is 30.6. The van der Waals surface area contributed by atoms with Gasteiger partial charge in [0.15, 0.2) is 6.29 Å². The molecule has 236 valence electrons. The Labute approximate surface area is 255 Å². The topological polar surface area (TPSA) is 102 Å². The van der Waals surface area contributed by atoms with Gasteiger partial charge in [-0.15, -0.1) is 0 Å². The molecule has 0 unspecified atom stereocenters. The van der Waals surface area contributed by atoms with Crippen LogP contribution in [0.4, 0.5) is 4.79 Å². The zero-order valence-electron chi connectivity index (χ0n) is 26.2. The molecule has 43 heavy (non-hydrogen) atoms. The van der Waals surface area contributed by atoms with Gasteiger partial charge in [-0.2, -0.15) is 0 Å². The van der Waals surface area contributed by atoms with E-state index < -0.39 is 6.10 Å². The SMILES string of the molecule is CC(C=C[C@@H]1C[C@]2(CO2)CC(C)(C)O1)=CCC1OCC(NC(=O)c2ccccc2[C@H](C)OC(=O)N2CCN(C)CC2)CO1. The van der Waals surface area contributed by atoms with Crippen molar-refractivity contribution in [2.75, 3.05) is 53.0 Å². The minimum absolute atomic E-state index is 0.00183. The average Bonchev–Trinajstić information content (AvgIpc) is 3.72. The molecule has 2 amide bonds. The van der Waals surface area contributed by atoms with Crippen LogP contribution in [0.1, 0.15) is 69.0 Å². The van der Waals surface area contributed by atoms with Crippen LogP contribution in [0.25, 0.3) is 0 Å². The van der Waals surface area contributed by atoms with Crippen LogP contribution < -0.4 is 5.32 Å². The molecule has 4 saturated heterocycles. The van der Waals surface area contributed by atoms with E-state index in [1.807, 2.05) is 19.2 Å². The highest BCUT2D eigenvalue weighted by Gasteiger charge is 2.53. The molecule has 10 nitrogen and oxygen atoms in total. The number of ether oxygens (including phenoxy) is 5. The third kappa shape index (κ3) is 8.67. The van der Waals surface area contributed by atoms with E-state index in [1.165, 1.54) is 0 Å². The molecule has 4 fully saturated rings. The van der Waals surface area contributed by atoms with Gasteiger partial charge in [-0.3, -0.25) is 4.79 Å². The maximum atomic E-state index is 13.2. The first-order valence-corrected chi connectivity index (χ1v) is 15.4. The number of allylic oxidation sites excluding steroid dienone is 2. The van der Waals surface area contributed by atoms with Crippen LogP contribution in [0.3, 0.4) is 0 Å². The van der Waals surface area contributed by atoms with Gasteiger partial charge in [0, 0.05) is 56.6 Å². The fourth-order valence-corrected chi connectivity index (χ4v) is 6.11. The van der Waals surface area contributed by atoms with Crippen LogP contribution in [0.15, 0.2) is 48.1 Å². The fourth-order valence-electron chi connectivity index (χ4n) is 6.11. The first kappa shape index (κ1) is 31.7. The second-order valence-corrected chi connectivity index (χ2v) is 13.0. The Morgan fingerprint density at radius 3 is 2.53 bits per heavy atom. The second kappa shape index (κ2) is 13.5. The summed E-state index contributed by atoms with van der Waals surface area (Å²) >= 11 is 0. The van der Waals surface area contributed by atoms with Crippen molar-refractivity contribution in [3.05, 3.63) is 59.2 Å². The number of benzene rings is 1. The summed E-state index contributed by atoms with van der Waals surface area (Å²) in [6.07, 6.45) is 7.50. The van der Waals surface area contributed by atoms with Crippen LogP contribution in [0.2, 0.25) is 0 Å². The Bertz CT molecular complexity index is 1190. The van der Waals surface area contributed by atoms with Crippen LogP contribution in [-0.4, -0.2) is 104 Å². The number of likely N-dealkylation sites (N-methyl/N-ethyl adjacent to an activating group) is 1. The maximum Gasteiger partial charge on any atom is 0.410 e. The summed E-state index contributed by atoms with van der Waals surface area (Å²) in [4.78, 5) is 29.8. The predicted octanol–water partition coefficient (Wildman–Crippen LogP) is 4.22. The highest BCUT2D eigenvalue weighted by Crippen LogP contribution is 2.46. The lowest BCUT2D eigenvalue weighted by atomic mass is 9.85. The quantitative estimate of drug-likeness (QED) is 0.351. The Kier molecular flexibility index (Phi) is 9.93. The van der Waals surface area contributed by atoms with E-state index in [0.717, 1.165) is 38.1 Å². The van der Waals surface area contributed by atoms with Gasteiger partial charge in [0.1, 0.15) is 6.10 Å². The third-order valence-corrected chi connectivity index (χ3v) is 8.53. The second-order valence-electron chi connectivity index (χ2n) is 13.0. The number of carbonyl (C=O) groups excluding carboxylic acids is 2. The Morgan fingerprint density at radius 1 is 1.14 bits per heavy atom. The summed E-state index contributed by atoms with van der Waals surface area (Å²) in [7, 11) is 2.03. The molecule has 4 heterocycles. The van der Waals surface area contributed by atoms with Gasteiger partial charge in [0.2, 0.25) is 0 Å². The number of piperazine rings is 1. The fraction of sp³-hybridized carbons (Fsp3) is 0.636. The molecule has 0 aromatic heterocycles. The Morgan fingerprint density at radius 2 is 1.84 bits per heavy atom. The molecule has 0 bridgehead atoms. The standard InChI is InChI=1S/C33H47N3O7/c1-23(10-12-26-18-33(22-41-33)21-32(3,4)43-26)11-13-29-39-19-25(20-40-29)34-30(37)28-9-7-6-8-27(28)24(2)42-31(38)36-16-14-35(5)15-17-36/h6-12,24-26,29H,13-22H2,1-5H3,(H,34,37)/t24-,25?,26+,29?,33+/m0/s1. The van der Waals surface area contributed by atoms with Gasteiger partial charge in [-0.05, 0) is 40.8 Å². The highest BCUT2D eigenvalue weighted by atomic mass is 16.7. The summed E-state index contributed by atoms with van der Waals surface area (Å²) in [5.41, 5.74) is 2.06. The molecule has 10 heteroatoms. The largest absolute Gasteiger partial charge is 0.441 e. The van der Waals surface area contributed by atoms with Crippen LogP contribution in [0.5, 0.6) is 0 Å². The smallest absolute Gasteiger partial charge is 0.410 e. The Hall–Kier alpha value is -2.76. The van der Waals surface area contributed by atoms with Gasteiger partial charge in [-0.25, -0.2) is 4.79 Å². The van der Waals surface area contributed by atoms with E-state index in [0.29, 0.717) is 43.9 Å². The molecule has 3 atom stereocenters. The first-order valence-electron chi connectivity index (χ1n) is 15.4.